The summed E-state index contributed by atoms with van der Waals surface area (Å²) in [5.41, 5.74) is 2.25. The van der Waals surface area contributed by atoms with Crippen LogP contribution in [0.25, 0.3) is 0 Å². The van der Waals surface area contributed by atoms with Crippen LogP contribution >= 0.6 is 0 Å². The second-order valence-electron chi connectivity index (χ2n) is 6.77. The molecule has 1 saturated carbocycles. The van der Waals surface area contributed by atoms with Gasteiger partial charge in [0, 0.05) is 31.3 Å². The van der Waals surface area contributed by atoms with E-state index in [9.17, 15) is 4.79 Å². The van der Waals surface area contributed by atoms with Crippen molar-refractivity contribution in [3.05, 3.63) is 29.8 Å². The van der Waals surface area contributed by atoms with Crippen LogP contribution in [-0.4, -0.2) is 24.2 Å². The lowest BCUT2D eigenvalue weighted by Crippen LogP contribution is -2.51. The Kier molecular flexibility index (Phi) is 4.50. The maximum atomic E-state index is 11.2. The second-order valence-corrected chi connectivity index (χ2v) is 6.77. The fourth-order valence-electron chi connectivity index (χ4n) is 3.63. The molecule has 120 valence electrons. The Balaban J connectivity index is 1.61. The number of anilines is 1. The summed E-state index contributed by atoms with van der Waals surface area (Å²) in [4.78, 5) is 11.2. The third-order valence-corrected chi connectivity index (χ3v) is 4.95. The quantitative estimate of drug-likeness (QED) is 0.896. The molecule has 4 nitrogen and oxygen atoms in total. The molecule has 1 heterocycles. The number of rotatable bonds is 4. The van der Waals surface area contributed by atoms with Crippen molar-refractivity contribution in [3.8, 4) is 0 Å². The van der Waals surface area contributed by atoms with Crippen LogP contribution in [-0.2, 0) is 9.53 Å². The zero-order valence-electron chi connectivity index (χ0n) is 13.5. The van der Waals surface area contributed by atoms with Crippen LogP contribution in [0.4, 0.5) is 5.69 Å². The van der Waals surface area contributed by atoms with Crippen LogP contribution < -0.4 is 10.6 Å². The van der Waals surface area contributed by atoms with Gasteiger partial charge in [-0.1, -0.05) is 12.1 Å². The van der Waals surface area contributed by atoms with Gasteiger partial charge in [-0.15, -0.1) is 0 Å². The number of carbonyl (C=O) groups is 1. The van der Waals surface area contributed by atoms with Crippen molar-refractivity contribution in [1.29, 1.82) is 0 Å². The monoisotopic (exact) mass is 302 g/mol. The molecule has 0 radical (unpaired) electrons. The number of ether oxygens (including phenoxy) is 1. The van der Waals surface area contributed by atoms with Gasteiger partial charge in [0.1, 0.15) is 0 Å². The largest absolute Gasteiger partial charge is 0.375 e. The van der Waals surface area contributed by atoms with Crippen molar-refractivity contribution in [2.45, 2.75) is 63.6 Å². The molecule has 2 atom stereocenters. The Bertz CT molecular complexity index is 540. The summed E-state index contributed by atoms with van der Waals surface area (Å²) in [7, 11) is 0. The Labute approximate surface area is 132 Å². The van der Waals surface area contributed by atoms with E-state index >= 15 is 0 Å². The molecular weight excluding hydrogens is 276 g/mol. The van der Waals surface area contributed by atoms with Crippen molar-refractivity contribution in [3.63, 3.8) is 0 Å². The molecule has 2 N–H and O–H groups in total. The molecule has 0 bridgehead atoms. The van der Waals surface area contributed by atoms with Gasteiger partial charge in [0.2, 0.25) is 5.91 Å². The molecule has 1 aliphatic carbocycles. The highest BCUT2D eigenvalue weighted by molar-refractivity contribution is 5.88. The number of amides is 1. The Hall–Kier alpha value is -1.39. The molecule has 0 aromatic heterocycles. The van der Waals surface area contributed by atoms with E-state index in [0.29, 0.717) is 6.04 Å². The number of carbonyl (C=O) groups excluding carboxylic acids is 1. The molecule has 1 saturated heterocycles. The third kappa shape index (κ3) is 3.50. The SMILES string of the molecule is CC(=O)Nc1cccc([C@H](C)N[C@@H]2CCOC3(CCC3)C2)c1. The lowest BCUT2D eigenvalue weighted by Gasteiger charge is -2.47. The van der Waals surface area contributed by atoms with Crippen LogP contribution in [0.2, 0.25) is 0 Å². The lowest BCUT2D eigenvalue weighted by atomic mass is 9.74. The van der Waals surface area contributed by atoms with Crippen LogP contribution in [0.3, 0.4) is 0 Å². The maximum Gasteiger partial charge on any atom is 0.221 e. The minimum absolute atomic E-state index is 0.0332. The van der Waals surface area contributed by atoms with Gasteiger partial charge in [0.05, 0.1) is 5.60 Å². The first kappa shape index (κ1) is 15.5. The van der Waals surface area contributed by atoms with E-state index in [4.69, 9.17) is 4.74 Å². The van der Waals surface area contributed by atoms with E-state index in [1.54, 1.807) is 0 Å². The minimum atomic E-state index is -0.0332. The number of hydrogen-bond donors (Lipinski definition) is 2. The first-order valence-corrected chi connectivity index (χ1v) is 8.34. The average Bonchev–Trinajstić information content (AvgIpc) is 2.45. The number of benzene rings is 1. The molecule has 2 fully saturated rings. The number of hydrogen-bond acceptors (Lipinski definition) is 3. The summed E-state index contributed by atoms with van der Waals surface area (Å²) in [5, 5.41) is 6.59. The van der Waals surface area contributed by atoms with Gasteiger partial charge in [-0.3, -0.25) is 4.79 Å². The average molecular weight is 302 g/mol. The first-order chi connectivity index (χ1) is 10.6. The summed E-state index contributed by atoms with van der Waals surface area (Å²) < 4.78 is 5.99. The summed E-state index contributed by atoms with van der Waals surface area (Å²) >= 11 is 0. The molecule has 1 aliphatic heterocycles. The fourth-order valence-corrected chi connectivity index (χ4v) is 3.63. The molecular formula is C18H26N2O2. The predicted molar refractivity (Wildman–Crippen MR) is 87.9 cm³/mol. The Morgan fingerprint density at radius 1 is 1.41 bits per heavy atom. The Morgan fingerprint density at radius 3 is 2.91 bits per heavy atom. The molecule has 4 heteroatoms. The van der Waals surface area contributed by atoms with Crippen molar-refractivity contribution in [2.24, 2.45) is 0 Å². The zero-order valence-corrected chi connectivity index (χ0v) is 13.5. The first-order valence-electron chi connectivity index (χ1n) is 8.34. The van der Waals surface area contributed by atoms with Gasteiger partial charge in [-0.25, -0.2) is 0 Å². The van der Waals surface area contributed by atoms with Crippen molar-refractivity contribution >= 4 is 11.6 Å². The summed E-state index contributed by atoms with van der Waals surface area (Å²) in [6.45, 7) is 4.60. The maximum absolute atomic E-state index is 11.2. The van der Waals surface area contributed by atoms with Gasteiger partial charge in [0.25, 0.3) is 0 Å². The normalized spacial score (nSPS) is 24.5. The van der Waals surface area contributed by atoms with E-state index < -0.39 is 0 Å². The highest BCUT2D eigenvalue weighted by Crippen LogP contribution is 2.42. The van der Waals surface area contributed by atoms with Crippen molar-refractivity contribution in [2.75, 3.05) is 11.9 Å². The molecule has 0 unspecified atom stereocenters. The standard InChI is InChI=1S/C18H26N2O2/c1-13(15-5-3-6-16(11-15)20-14(2)21)19-17-7-10-22-18(12-17)8-4-9-18/h3,5-6,11,13,17,19H,4,7-10,12H2,1-2H3,(H,20,21)/t13-,17+/m0/s1. The lowest BCUT2D eigenvalue weighted by molar-refractivity contribution is -0.136. The van der Waals surface area contributed by atoms with Crippen molar-refractivity contribution in [1.82, 2.24) is 5.32 Å². The smallest absolute Gasteiger partial charge is 0.221 e. The molecule has 1 aromatic carbocycles. The van der Waals surface area contributed by atoms with E-state index in [0.717, 1.165) is 25.1 Å². The fraction of sp³-hybridized carbons (Fsp3) is 0.611. The molecule has 2 aliphatic rings. The topological polar surface area (TPSA) is 50.4 Å². The van der Waals surface area contributed by atoms with Crippen LogP contribution in [0.5, 0.6) is 0 Å². The minimum Gasteiger partial charge on any atom is -0.375 e. The van der Waals surface area contributed by atoms with E-state index in [-0.39, 0.29) is 17.6 Å². The van der Waals surface area contributed by atoms with Crippen LogP contribution in [0, 0.1) is 0 Å². The summed E-state index contributed by atoms with van der Waals surface area (Å²) in [6, 6.07) is 8.88. The van der Waals surface area contributed by atoms with Gasteiger partial charge in [-0.05, 0) is 56.7 Å². The van der Waals surface area contributed by atoms with Gasteiger partial charge in [-0.2, -0.15) is 0 Å². The van der Waals surface area contributed by atoms with Gasteiger partial charge in [0.15, 0.2) is 0 Å². The van der Waals surface area contributed by atoms with Gasteiger partial charge >= 0.3 is 0 Å². The molecule has 1 spiro atoms. The highest BCUT2D eigenvalue weighted by atomic mass is 16.5. The number of nitrogens with one attached hydrogen (secondary N) is 2. The van der Waals surface area contributed by atoms with Crippen LogP contribution in [0.15, 0.2) is 24.3 Å². The van der Waals surface area contributed by atoms with Crippen molar-refractivity contribution < 1.29 is 9.53 Å². The highest BCUT2D eigenvalue weighted by Gasteiger charge is 2.42. The predicted octanol–water partition coefficient (Wildman–Crippen LogP) is 3.40. The zero-order chi connectivity index (χ0) is 15.6. The van der Waals surface area contributed by atoms with E-state index in [2.05, 4.69) is 29.7 Å². The molecule has 1 amide bonds. The molecule has 1 aromatic rings. The van der Waals surface area contributed by atoms with E-state index in [1.807, 2.05) is 12.1 Å². The van der Waals surface area contributed by atoms with Crippen LogP contribution in [0.1, 0.15) is 57.6 Å². The van der Waals surface area contributed by atoms with E-state index in [1.165, 1.54) is 31.7 Å². The Morgan fingerprint density at radius 2 is 2.23 bits per heavy atom. The molecule has 22 heavy (non-hydrogen) atoms. The molecule has 3 rings (SSSR count). The summed E-state index contributed by atoms with van der Waals surface area (Å²) in [6.07, 6.45) is 5.95. The third-order valence-electron chi connectivity index (χ3n) is 4.95. The summed E-state index contributed by atoms with van der Waals surface area (Å²) in [5.74, 6) is -0.0332. The van der Waals surface area contributed by atoms with Gasteiger partial charge < -0.3 is 15.4 Å². The second kappa shape index (κ2) is 6.39.